The standard InChI is InChI=1S/C11H12N2O2.C5H9NO4.C5H11NO2S.C5H11NO2/c12-9(11(14)15)5-7-6-13-10-4-2-1-3-8(7)10;6-3(5(9)10)1-2-4(7)8;1-9-3-2-4(6)5(7)8;1-3(2)4(6)5(7)8/h1-4,6,9,13H,5,12H2,(H,14,15);3H,1-2,6H2,(H,7,8)(H,9,10);4H,2-3,6H2,1H3,(H,7,8);3-4H,6H2,1-2H3,(H,7,8)/t9-;3-;2*4-/m0000/s1. The largest absolute Gasteiger partial charge is 0.481 e. The number of benzene rings is 1. The van der Waals surface area contributed by atoms with Crippen molar-refractivity contribution in [3.05, 3.63) is 36.0 Å². The number of nitrogens with one attached hydrogen (secondary N) is 1. The number of carboxylic acids is 5. The second kappa shape index (κ2) is 22.0. The summed E-state index contributed by atoms with van der Waals surface area (Å²) in [6.07, 6.45) is 4.41. The van der Waals surface area contributed by atoms with Crippen LogP contribution in [-0.4, -0.2) is 96.5 Å². The number of rotatable bonds is 13. The summed E-state index contributed by atoms with van der Waals surface area (Å²) in [6.45, 7) is 3.55. The molecule has 0 saturated heterocycles. The second-order valence-electron chi connectivity index (χ2n) is 9.22. The molecule has 14 N–H and O–H groups in total. The van der Waals surface area contributed by atoms with Crippen LogP contribution in [0.15, 0.2) is 30.5 Å². The van der Waals surface area contributed by atoms with Crippen molar-refractivity contribution in [2.24, 2.45) is 28.9 Å². The summed E-state index contributed by atoms with van der Waals surface area (Å²) < 4.78 is 0. The first-order valence-electron chi connectivity index (χ1n) is 12.6. The summed E-state index contributed by atoms with van der Waals surface area (Å²) in [7, 11) is 0. The number of aliphatic carboxylic acids is 5. The van der Waals surface area contributed by atoms with Gasteiger partial charge in [0.2, 0.25) is 0 Å². The first kappa shape index (κ1) is 40.4. The Hall–Kier alpha value is -3.70. The van der Waals surface area contributed by atoms with Gasteiger partial charge in [0.1, 0.15) is 24.2 Å². The number of nitrogens with two attached hydrogens (primary N) is 4. The van der Waals surface area contributed by atoms with Crippen molar-refractivity contribution in [1.82, 2.24) is 4.98 Å². The van der Waals surface area contributed by atoms with Gasteiger partial charge in [-0.3, -0.25) is 24.0 Å². The molecule has 0 saturated carbocycles. The van der Waals surface area contributed by atoms with Crippen molar-refractivity contribution in [2.45, 2.75) is 63.7 Å². The lowest BCUT2D eigenvalue weighted by Crippen LogP contribution is -2.34. The number of para-hydroxylation sites is 1. The number of carbonyl (C=O) groups is 5. The Kier molecular flexibility index (Phi) is 21.2. The first-order chi connectivity index (χ1) is 19.5. The van der Waals surface area contributed by atoms with Crippen LogP contribution in [0.2, 0.25) is 0 Å². The van der Waals surface area contributed by atoms with Crippen LogP contribution in [0, 0.1) is 5.92 Å². The second-order valence-corrected chi connectivity index (χ2v) is 10.2. The molecule has 1 aromatic carbocycles. The molecule has 42 heavy (non-hydrogen) atoms. The van der Waals surface area contributed by atoms with Crippen LogP contribution >= 0.6 is 11.8 Å². The van der Waals surface area contributed by atoms with Crippen LogP contribution in [0.4, 0.5) is 0 Å². The van der Waals surface area contributed by atoms with Gasteiger partial charge in [0.05, 0.1) is 0 Å². The highest BCUT2D eigenvalue weighted by Gasteiger charge is 2.15. The Morgan fingerprint density at radius 1 is 0.786 bits per heavy atom. The third-order valence-corrected chi connectivity index (χ3v) is 6.02. The van der Waals surface area contributed by atoms with Crippen LogP contribution in [0.1, 0.15) is 38.7 Å². The Balaban J connectivity index is 0. The Morgan fingerprint density at radius 2 is 1.29 bits per heavy atom. The molecule has 15 nitrogen and oxygen atoms in total. The van der Waals surface area contributed by atoms with E-state index in [1.165, 1.54) is 0 Å². The maximum atomic E-state index is 10.6. The Morgan fingerprint density at radius 3 is 1.69 bits per heavy atom. The predicted molar refractivity (Wildman–Crippen MR) is 159 cm³/mol. The van der Waals surface area contributed by atoms with Crippen LogP contribution in [0.25, 0.3) is 10.9 Å². The van der Waals surface area contributed by atoms with Crippen molar-refractivity contribution in [3.63, 3.8) is 0 Å². The molecular weight excluding hydrogens is 574 g/mol. The maximum Gasteiger partial charge on any atom is 0.320 e. The number of aromatic amines is 1. The van der Waals surface area contributed by atoms with E-state index in [1.54, 1.807) is 25.6 Å². The molecule has 0 aliphatic heterocycles. The molecule has 0 bridgehead atoms. The lowest BCUT2D eigenvalue weighted by molar-refractivity contribution is -0.141. The minimum Gasteiger partial charge on any atom is -0.481 e. The van der Waals surface area contributed by atoms with Crippen molar-refractivity contribution < 1.29 is 49.5 Å². The molecule has 1 heterocycles. The number of H-pyrrole nitrogens is 1. The van der Waals surface area contributed by atoms with Crippen LogP contribution < -0.4 is 22.9 Å². The summed E-state index contributed by atoms with van der Waals surface area (Å²) >= 11 is 1.60. The molecule has 0 unspecified atom stereocenters. The van der Waals surface area contributed by atoms with E-state index in [4.69, 9.17) is 48.5 Å². The summed E-state index contributed by atoms with van der Waals surface area (Å²) in [6, 6.07) is 4.46. The predicted octanol–water partition coefficient (Wildman–Crippen LogP) is 0.591. The molecule has 2 rings (SSSR count). The summed E-state index contributed by atoms with van der Waals surface area (Å²) in [5.41, 5.74) is 22.8. The molecule has 0 fully saturated rings. The molecule has 0 aliphatic carbocycles. The molecule has 1 aromatic heterocycles. The fourth-order valence-corrected chi connectivity index (χ4v) is 3.17. The van der Waals surface area contributed by atoms with Gasteiger partial charge >= 0.3 is 29.8 Å². The zero-order valence-corrected chi connectivity index (χ0v) is 24.6. The molecular formula is C26H43N5O10S. The highest BCUT2D eigenvalue weighted by Crippen LogP contribution is 2.18. The average molecular weight is 618 g/mol. The molecule has 0 aliphatic rings. The minimum atomic E-state index is -1.17. The summed E-state index contributed by atoms with van der Waals surface area (Å²) in [5, 5.41) is 42.5. The van der Waals surface area contributed by atoms with E-state index in [0.29, 0.717) is 12.8 Å². The smallest absolute Gasteiger partial charge is 0.320 e. The van der Waals surface area contributed by atoms with Gasteiger partial charge in [0.25, 0.3) is 0 Å². The molecule has 2 aromatic rings. The van der Waals surface area contributed by atoms with Crippen LogP contribution in [-0.2, 0) is 30.4 Å². The van der Waals surface area contributed by atoms with E-state index in [2.05, 4.69) is 4.98 Å². The SMILES string of the molecule is CC(C)[C@H](N)C(=O)O.CSCC[C@H](N)C(=O)O.N[C@@H](CCC(=O)O)C(=O)O.N[C@@H](Cc1c[nH]c2ccccc12)C(=O)O. The lowest BCUT2D eigenvalue weighted by atomic mass is 10.1. The summed E-state index contributed by atoms with van der Waals surface area (Å²) in [5.74, 6) is -4.18. The van der Waals surface area contributed by atoms with Crippen LogP contribution in [0.3, 0.4) is 0 Å². The monoisotopic (exact) mass is 617 g/mol. The normalized spacial score (nSPS) is 13.0. The van der Waals surface area contributed by atoms with Crippen LogP contribution in [0.5, 0.6) is 0 Å². The number of hydrogen-bond donors (Lipinski definition) is 10. The van der Waals surface area contributed by atoms with Gasteiger partial charge in [-0.15, -0.1) is 0 Å². The van der Waals surface area contributed by atoms with E-state index in [9.17, 15) is 24.0 Å². The van der Waals surface area contributed by atoms with Crippen molar-refractivity contribution in [2.75, 3.05) is 12.0 Å². The van der Waals surface area contributed by atoms with Crippen molar-refractivity contribution in [3.8, 4) is 0 Å². The Labute approximate surface area is 247 Å². The fourth-order valence-electron chi connectivity index (χ4n) is 2.68. The fraction of sp³-hybridized carbons (Fsp3) is 0.500. The van der Waals surface area contributed by atoms with Gasteiger partial charge < -0.3 is 53.5 Å². The number of carboxylic acid groups (broad SMARTS) is 5. The Bertz CT molecular complexity index is 1130. The summed E-state index contributed by atoms with van der Waals surface area (Å²) in [4.78, 5) is 53.7. The number of thioether (sulfide) groups is 1. The van der Waals surface area contributed by atoms with Gasteiger partial charge in [-0.1, -0.05) is 32.0 Å². The highest BCUT2D eigenvalue weighted by molar-refractivity contribution is 7.98. The zero-order chi connectivity index (χ0) is 33.0. The zero-order valence-electron chi connectivity index (χ0n) is 23.8. The average Bonchev–Trinajstić information content (AvgIpc) is 3.33. The molecule has 16 heteroatoms. The van der Waals surface area contributed by atoms with Crippen molar-refractivity contribution in [1.29, 1.82) is 0 Å². The van der Waals surface area contributed by atoms with Gasteiger partial charge in [-0.2, -0.15) is 11.8 Å². The van der Waals surface area contributed by atoms with Gasteiger partial charge in [-0.05, 0) is 42.4 Å². The maximum absolute atomic E-state index is 10.6. The van der Waals surface area contributed by atoms with E-state index in [-0.39, 0.29) is 18.8 Å². The molecule has 238 valence electrons. The first-order valence-corrected chi connectivity index (χ1v) is 14.0. The highest BCUT2D eigenvalue weighted by atomic mass is 32.2. The molecule has 0 spiro atoms. The van der Waals surface area contributed by atoms with E-state index in [0.717, 1.165) is 22.2 Å². The third kappa shape index (κ3) is 18.6. The van der Waals surface area contributed by atoms with E-state index < -0.39 is 54.0 Å². The topological polar surface area (TPSA) is 306 Å². The number of hydrogen-bond acceptors (Lipinski definition) is 10. The molecule has 0 radical (unpaired) electrons. The van der Waals surface area contributed by atoms with E-state index >= 15 is 0 Å². The van der Waals surface area contributed by atoms with Crippen molar-refractivity contribution >= 4 is 52.5 Å². The van der Waals surface area contributed by atoms with Gasteiger partial charge in [-0.25, -0.2) is 0 Å². The number of fused-ring (bicyclic) bond motifs is 1. The quantitative estimate of drug-likeness (QED) is 0.147. The minimum absolute atomic E-state index is 0.0208. The third-order valence-electron chi connectivity index (χ3n) is 5.37. The van der Waals surface area contributed by atoms with E-state index in [1.807, 2.05) is 36.7 Å². The number of aromatic nitrogens is 1. The molecule has 4 atom stereocenters. The molecule has 0 amide bonds. The lowest BCUT2D eigenvalue weighted by Gasteiger charge is -2.07. The van der Waals surface area contributed by atoms with Gasteiger partial charge in [0.15, 0.2) is 0 Å². The van der Waals surface area contributed by atoms with Gasteiger partial charge in [0, 0.05) is 29.9 Å².